The number of carbonyl (C=O) groups excluding carboxylic acids is 1. The van der Waals surface area contributed by atoms with Crippen molar-refractivity contribution in [1.82, 2.24) is 14.8 Å². The maximum atomic E-state index is 12.4. The molecule has 1 aromatic heterocycles. The van der Waals surface area contributed by atoms with E-state index in [9.17, 15) is 13.2 Å². The lowest BCUT2D eigenvalue weighted by Crippen LogP contribution is -2.39. The van der Waals surface area contributed by atoms with Crippen molar-refractivity contribution in [2.24, 2.45) is 0 Å². The summed E-state index contributed by atoms with van der Waals surface area (Å²) in [5.74, 6) is 0.207. The second-order valence-corrected chi connectivity index (χ2v) is 8.30. The molecule has 28 heavy (non-hydrogen) atoms. The number of rotatable bonds is 6. The van der Waals surface area contributed by atoms with E-state index in [1.165, 1.54) is 0 Å². The average molecular weight is 401 g/mol. The molecule has 2 heterocycles. The third kappa shape index (κ3) is 4.00. The van der Waals surface area contributed by atoms with Crippen LogP contribution in [0.3, 0.4) is 0 Å². The molecule has 0 aliphatic carbocycles. The molecule has 0 fully saturated rings. The van der Waals surface area contributed by atoms with Gasteiger partial charge in [-0.15, -0.1) is 0 Å². The first-order chi connectivity index (χ1) is 13.5. The highest BCUT2D eigenvalue weighted by atomic mass is 32.2. The average Bonchev–Trinajstić information content (AvgIpc) is 3.00. The SMILES string of the molecule is O=C1COc2ccccc2CN1CCNS(=O)(=O)Cc1noc2ccccc12. The first-order valence-electron chi connectivity index (χ1n) is 8.81. The van der Waals surface area contributed by atoms with E-state index in [0.717, 1.165) is 5.56 Å². The zero-order valence-corrected chi connectivity index (χ0v) is 15.8. The van der Waals surface area contributed by atoms with Crippen molar-refractivity contribution >= 4 is 26.9 Å². The van der Waals surface area contributed by atoms with Crippen LogP contribution in [0, 0.1) is 0 Å². The van der Waals surface area contributed by atoms with Gasteiger partial charge in [-0.25, -0.2) is 13.1 Å². The molecule has 1 N–H and O–H groups in total. The first kappa shape index (κ1) is 18.5. The Kier molecular flexibility index (Phi) is 5.01. The van der Waals surface area contributed by atoms with Crippen LogP contribution < -0.4 is 9.46 Å². The molecule has 1 aliphatic heterocycles. The van der Waals surface area contributed by atoms with Crippen molar-refractivity contribution in [3.8, 4) is 5.75 Å². The van der Waals surface area contributed by atoms with Crippen LogP contribution in [0.2, 0.25) is 0 Å². The summed E-state index contributed by atoms with van der Waals surface area (Å²) in [6, 6.07) is 14.5. The molecule has 3 aromatic rings. The Hall–Kier alpha value is -2.91. The Balaban J connectivity index is 1.38. The van der Waals surface area contributed by atoms with Crippen molar-refractivity contribution in [3.05, 3.63) is 59.8 Å². The third-order valence-electron chi connectivity index (χ3n) is 4.52. The molecule has 0 spiro atoms. The van der Waals surface area contributed by atoms with Gasteiger partial charge in [-0.3, -0.25) is 4.79 Å². The van der Waals surface area contributed by atoms with Gasteiger partial charge in [0, 0.05) is 30.6 Å². The van der Waals surface area contributed by atoms with Crippen LogP contribution in [0.4, 0.5) is 0 Å². The normalized spacial score (nSPS) is 14.6. The van der Waals surface area contributed by atoms with Gasteiger partial charge in [-0.05, 0) is 18.2 Å². The van der Waals surface area contributed by atoms with E-state index in [2.05, 4.69) is 9.88 Å². The quantitative estimate of drug-likeness (QED) is 0.674. The van der Waals surface area contributed by atoms with Gasteiger partial charge < -0.3 is 14.2 Å². The van der Waals surface area contributed by atoms with E-state index in [0.29, 0.717) is 29.0 Å². The number of nitrogens with zero attached hydrogens (tertiary/aromatic N) is 2. The highest BCUT2D eigenvalue weighted by Gasteiger charge is 2.22. The minimum atomic E-state index is -3.63. The first-order valence-corrected chi connectivity index (χ1v) is 10.5. The lowest BCUT2D eigenvalue weighted by Gasteiger charge is -2.20. The number of fused-ring (bicyclic) bond motifs is 2. The summed E-state index contributed by atoms with van der Waals surface area (Å²) in [4.78, 5) is 13.8. The molecule has 0 saturated heterocycles. The molecule has 2 aromatic carbocycles. The van der Waals surface area contributed by atoms with Crippen molar-refractivity contribution in [3.63, 3.8) is 0 Å². The standard InChI is InChI=1S/C19H19N3O5S/c23-19-12-26-17-7-3-1-5-14(17)11-22(19)10-9-20-28(24,25)13-16-15-6-2-4-8-18(15)27-21-16/h1-8,20H,9-13H2. The predicted octanol–water partition coefficient (Wildman–Crippen LogP) is 1.67. The summed E-state index contributed by atoms with van der Waals surface area (Å²) in [6.45, 7) is 0.667. The smallest absolute Gasteiger partial charge is 0.260 e. The molecular weight excluding hydrogens is 382 g/mol. The fraction of sp³-hybridized carbons (Fsp3) is 0.263. The summed E-state index contributed by atoms with van der Waals surface area (Å²) >= 11 is 0. The minimum Gasteiger partial charge on any atom is -0.483 e. The number of sulfonamides is 1. The lowest BCUT2D eigenvalue weighted by molar-refractivity contribution is -0.133. The molecule has 1 amide bonds. The van der Waals surface area contributed by atoms with Crippen molar-refractivity contribution in [2.45, 2.75) is 12.3 Å². The molecule has 9 heteroatoms. The monoisotopic (exact) mass is 401 g/mol. The second kappa shape index (κ2) is 7.61. The lowest BCUT2D eigenvalue weighted by atomic mass is 10.2. The molecule has 0 radical (unpaired) electrons. The van der Waals surface area contributed by atoms with Crippen LogP contribution >= 0.6 is 0 Å². The number of amides is 1. The van der Waals surface area contributed by atoms with Gasteiger partial charge >= 0.3 is 0 Å². The number of aromatic nitrogens is 1. The molecule has 1 aliphatic rings. The van der Waals surface area contributed by atoms with Gasteiger partial charge in [-0.1, -0.05) is 35.5 Å². The van der Waals surface area contributed by atoms with Gasteiger partial charge in [0.15, 0.2) is 12.2 Å². The molecule has 0 saturated carbocycles. The number of benzene rings is 2. The highest BCUT2D eigenvalue weighted by molar-refractivity contribution is 7.88. The van der Waals surface area contributed by atoms with Crippen LogP contribution in [0.1, 0.15) is 11.3 Å². The zero-order chi connectivity index (χ0) is 19.6. The predicted molar refractivity (Wildman–Crippen MR) is 102 cm³/mol. The maximum absolute atomic E-state index is 12.4. The number of hydrogen-bond acceptors (Lipinski definition) is 6. The van der Waals surface area contributed by atoms with Crippen LogP contribution in [0.5, 0.6) is 5.75 Å². The fourth-order valence-electron chi connectivity index (χ4n) is 3.11. The van der Waals surface area contributed by atoms with Crippen molar-refractivity contribution in [2.75, 3.05) is 19.7 Å². The van der Waals surface area contributed by atoms with E-state index in [4.69, 9.17) is 9.26 Å². The summed E-state index contributed by atoms with van der Waals surface area (Å²) in [5, 5.41) is 4.52. The number of hydrogen-bond donors (Lipinski definition) is 1. The molecule has 146 valence electrons. The van der Waals surface area contributed by atoms with E-state index in [1.807, 2.05) is 24.3 Å². The van der Waals surface area contributed by atoms with E-state index >= 15 is 0 Å². The zero-order valence-electron chi connectivity index (χ0n) is 15.0. The van der Waals surface area contributed by atoms with Crippen molar-refractivity contribution < 1.29 is 22.5 Å². The second-order valence-electron chi connectivity index (χ2n) is 6.49. The molecule has 8 nitrogen and oxygen atoms in total. The maximum Gasteiger partial charge on any atom is 0.260 e. The van der Waals surface area contributed by atoms with Gasteiger partial charge in [0.25, 0.3) is 5.91 Å². The van der Waals surface area contributed by atoms with E-state index < -0.39 is 10.0 Å². The molecule has 0 atom stereocenters. The Morgan fingerprint density at radius 3 is 2.79 bits per heavy atom. The van der Waals surface area contributed by atoms with Crippen LogP contribution in [0.25, 0.3) is 11.0 Å². The molecule has 0 bridgehead atoms. The largest absolute Gasteiger partial charge is 0.483 e. The molecule has 4 rings (SSSR count). The number of ether oxygens (including phenoxy) is 1. The molecular formula is C19H19N3O5S. The minimum absolute atomic E-state index is 0.0608. The fourth-order valence-corrected chi connectivity index (χ4v) is 4.19. The van der Waals surface area contributed by atoms with E-state index in [1.54, 1.807) is 29.2 Å². The Morgan fingerprint density at radius 1 is 1.11 bits per heavy atom. The van der Waals surface area contributed by atoms with Gasteiger partial charge in [0.2, 0.25) is 10.0 Å². The van der Waals surface area contributed by atoms with Crippen molar-refractivity contribution in [1.29, 1.82) is 0 Å². The van der Waals surface area contributed by atoms with Gasteiger partial charge in [-0.2, -0.15) is 0 Å². The van der Waals surface area contributed by atoms with Gasteiger partial charge in [0.05, 0.1) is 0 Å². The topological polar surface area (TPSA) is 102 Å². The Morgan fingerprint density at radius 2 is 1.89 bits per heavy atom. The summed E-state index contributed by atoms with van der Waals surface area (Å²) in [5.41, 5.74) is 1.79. The summed E-state index contributed by atoms with van der Waals surface area (Å²) in [6.07, 6.45) is 0. The van der Waals surface area contributed by atoms with E-state index in [-0.39, 0.29) is 31.4 Å². The van der Waals surface area contributed by atoms with Gasteiger partial charge in [0.1, 0.15) is 17.2 Å². The summed E-state index contributed by atoms with van der Waals surface area (Å²) in [7, 11) is -3.63. The van der Waals surface area contributed by atoms with Crippen LogP contribution in [-0.4, -0.2) is 44.1 Å². The van der Waals surface area contributed by atoms with Crippen LogP contribution in [0.15, 0.2) is 53.1 Å². The number of para-hydroxylation sites is 2. The third-order valence-corrected chi connectivity index (χ3v) is 5.82. The number of carbonyl (C=O) groups is 1. The Bertz CT molecular complexity index is 1110. The highest BCUT2D eigenvalue weighted by Crippen LogP contribution is 2.23. The molecule has 0 unspecified atom stereocenters. The van der Waals surface area contributed by atoms with Crippen LogP contribution in [-0.2, 0) is 27.1 Å². The summed E-state index contributed by atoms with van der Waals surface area (Å²) < 4.78 is 38.0. The Labute approximate surface area is 162 Å². The number of nitrogens with one attached hydrogen (secondary N) is 1.